The van der Waals surface area contributed by atoms with Gasteiger partial charge in [-0.3, -0.25) is 9.78 Å². The molecule has 1 atom stereocenters. The van der Waals surface area contributed by atoms with Crippen LogP contribution in [0, 0.1) is 0 Å². The first-order chi connectivity index (χ1) is 12.3. The van der Waals surface area contributed by atoms with Gasteiger partial charge in [-0.05, 0) is 30.2 Å². The van der Waals surface area contributed by atoms with E-state index in [0.29, 0.717) is 18.2 Å². The maximum Gasteiger partial charge on any atom is 0.244 e. The first-order valence-corrected chi connectivity index (χ1v) is 8.49. The smallest absolute Gasteiger partial charge is 0.244 e. The summed E-state index contributed by atoms with van der Waals surface area (Å²) >= 11 is 0. The molecule has 1 N–H and O–H groups in total. The molecule has 1 aromatic heterocycles. The highest BCUT2D eigenvalue weighted by atomic mass is 16.1. The lowest BCUT2D eigenvalue weighted by Crippen LogP contribution is -2.26. The van der Waals surface area contributed by atoms with Crippen molar-refractivity contribution >= 4 is 23.0 Å². The van der Waals surface area contributed by atoms with Crippen LogP contribution in [0.1, 0.15) is 30.5 Å². The van der Waals surface area contributed by atoms with E-state index in [-0.39, 0.29) is 5.91 Å². The summed E-state index contributed by atoms with van der Waals surface area (Å²) in [6.45, 7) is 2.75. The fraction of sp³-hybridized carbons (Fsp3) is 0.190. The van der Waals surface area contributed by atoms with Crippen LogP contribution in [-0.2, 0) is 4.79 Å². The van der Waals surface area contributed by atoms with Gasteiger partial charge >= 0.3 is 0 Å². The molecule has 2 aromatic carbocycles. The van der Waals surface area contributed by atoms with Crippen LogP contribution in [0.25, 0.3) is 17.1 Å². The Bertz CT molecular complexity index is 874. The average molecular weight is 331 g/mol. The Morgan fingerprint density at radius 1 is 1.08 bits per heavy atom. The van der Waals surface area contributed by atoms with Gasteiger partial charge in [0.1, 0.15) is 0 Å². The van der Waals surface area contributed by atoms with E-state index in [1.54, 1.807) is 12.3 Å². The molecule has 0 fully saturated rings. The first-order valence-electron chi connectivity index (χ1n) is 8.49. The predicted molar refractivity (Wildman–Crippen MR) is 101 cm³/mol. The van der Waals surface area contributed by atoms with Crippen molar-refractivity contribution in [2.45, 2.75) is 19.3 Å². The Morgan fingerprint density at radius 2 is 1.80 bits per heavy atom. The molecule has 1 heterocycles. The number of hydrogen-bond acceptors (Lipinski definition) is 3. The van der Waals surface area contributed by atoms with Gasteiger partial charge in [0.2, 0.25) is 5.91 Å². The molecule has 0 radical (unpaired) electrons. The Labute approximate surface area is 147 Å². The second-order valence-corrected chi connectivity index (χ2v) is 5.88. The molecule has 3 aromatic rings. The molecule has 0 aliphatic carbocycles. The van der Waals surface area contributed by atoms with Crippen molar-refractivity contribution < 1.29 is 4.79 Å². The third-order valence-corrected chi connectivity index (χ3v) is 4.16. The van der Waals surface area contributed by atoms with E-state index in [4.69, 9.17) is 0 Å². The van der Waals surface area contributed by atoms with E-state index >= 15 is 0 Å². The second kappa shape index (κ2) is 8.20. The molecule has 0 bridgehead atoms. The Hall–Kier alpha value is -3.01. The zero-order valence-corrected chi connectivity index (χ0v) is 14.2. The van der Waals surface area contributed by atoms with E-state index in [9.17, 15) is 4.79 Å². The van der Waals surface area contributed by atoms with Crippen LogP contribution in [0.15, 0.2) is 66.9 Å². The number of para-hydroxylation sites is 2. The standard InChI is InChI=1S/C21H21N3O/c1-2-16(17-8-4-3-5-9-17)14-23-21(25)13-12-18-15-22-19-10-6-7-11-20(19)24-18/h3-13,15-16H,2,14H2,1H3,(H,23,25)/b13-12+. The van der Waals surface area contributed by atoms with Gasteiger partial charge in [-0.25, -0.2) is 4.98 Å². The zero-order valence-electron chi connectivity index (χ0n) is 14.2. The van der Waals surface area contributed by atoms with Crippen LogP contribution in [-0.4, -0.2) is 22.4 Å². The third kappa shape index (κ3) is 4.51. The Balaban J connectivity index is 1.60. The summed E-state index contributed by atoms with van der Waals surface area (Å²) in [5.41, 5.74) is 3.58. The van der Waals surface area contributed by atoms with E-state index in [0.717, 1.165) is 17.5 Å². The molecule has 3 rings (SSSR count). The normalized spacial score (nSPS) is 12.4. The fourth-order valence-corrected chi connectivity index (χ4v) is 2.72. The Morgan fingerprint density at radius 3 is 2.56 bits per heavy atom. The minimum absolute atomic E-state index is 0.121. The average Bonchev–Trinajstić information content (AvgIpc) is 2.67. The van der Waals surface area contributed by atoms with Crippen LogP contribution >= 0.6 is 0 Å². The van der Waals surface area contributed by atoms with Crippen LogP contribution < -0.4 is 5.32 Å². The summed E-state index contributed by atoms with van der Waals surface area (Å²) < 4.78 is 0. The summed E-state index contributed by atoms with van der Waals surface area (Å²) in [7, 11) is 0. The number of amides is 1. The lowest BCUT2D eigenvalue weighted by molar-refractivity contribution is -0.116. The highest BCUT2D eigenvalue weighted by Crippen LogP contribution is 2.17. The van der Waals surface area contributed by atoms with E-state index in [2.05, 4.69) is 34.3 Å². The largest absolute Gasteiger partial charge is 0.352 e. The van der Waals surface area contributed by atoms with Gasteiger partial charge in [0.05, 0.1) is 22.9 Å². The van der Waals surface area contributed by atoms with Gasteiger partial charge in [-0.1, -0.05) is 49.4 Å². The maximum absolute atomic E-state index is 12.1. The number of nitrogens with zero attached hydrogens (tertiary/aromatic N) is 2. The monoisotopic (exact) mass is 331 g/mol. The van der Waals surface area contributed by atoms with Crippen molar-refractivity contribution in [3.05, 3.63) is 78.1 Å². The molecule has 0 spiro atoms. The van der Waals surface area contributed by atoms with Crippen LogP contribution in [0.4, 0.5) is 0 Å². The molecule has 0 saturated carbocycles. The van der Waals surface area contributed by atoms with Gasteiger partial charge < -0.3 is 5.32 Å². The van der Waals surface area contributed by atoms with Gasteiger partial charge in [0, 0.05) is 18.5 Å². The molecular formula is C21H21N3O. The molecular weight excluding hydrogens is 310 g/mol. The number of nitrogens with one attached hydrogen (secondary N) is 1. The quantitative estimate of drug-likeness (QED) is 0.696. The molecule has 0 aliphatic heterocycles. The molecule has 126 valence electrons. The van der Waals surface area contributed by atoms with Crippen molar-refractivity contribution in [3.8, 4) is 0 Å². The summed E-state index contributed by atoms with van der Waals surface area (Å²) in [4.78, 5) is 20.9. The first kappa shape index (κ1) is 16.8. The number of benzene rings is 2. The zero-order chi connectivity index (χ0) is 17.5. The number of carbonyl (C=O) groups excluding carboxylic acids is 1. The van der Waals surface area contributed by atoms with Crippen molar-refractivity contribution in [2.24, 2.45) is 0 Å². The molecule has 1 amide bonds. The van der Waals surface area contributed by atoms with Crippen molar-refractivity contribution in [1.29, 1.82) is 0 Å². The predicted octanol–water partition coefficient (Wildman–Crippen LogP) is 3.95. The van der Waals surface area contributed by atoms with Crippen LogP contribution in [0.2, 0.25) is 0 Å². The van der Waals surface area contributed by atoms with Gasteiger partial charge in [-0.15, -0.1) is 0 Å². The van der Waals surface area contributed by atoms with E-state index in [1.165, 1.54) is 11.6 Å². The molecule has 25 heavy (non-hydrogen) atoms. The molecule has 0 aliphatic rings. The van der Waals surface area contributed by atoms with Gasteiger partial charge in [-0.2, -0.15) is 0 Å². The lowest BCUT2D eigenvalue weighted by Gasteiger charge is -2.15. The molecule has 1 unspecified atom stereocenters. The van der Waals surface area contributed by atoms with E-state index < -0.39 is 0 Å². The van der Waals surface area contributed by atoms with Crippen LogP contribution in [0.5, 0.6) is 0 Å². The highest BCUT2D eigenvalue weighted by Gasteiger charge is 2.09. The fourth-order valence-electron chi connectivity index (χ4n) is 2.72. The number of aromatic nitrogens is 2. The molecule has 4 heteroatoms. The Kier molecular flexibility index (Phi) is 5.52. The van der Waals surface area contributed by atoms with E-state index in [1.807, 2.05) is 42.5 Å². The van der Waals surface area contributed by atoms with Crippen molar-refractivity contribution in [3.63, 3.8) is 0 Å². The van der Waals surface area contributed by atoms with Gasteiger partial charge in [0.25, 0.3) is 0 Å². The topological polar surface area (TPSA) is 54.9 Å². The van der Waals surface area contributed by atoms with Crippen LogP contribution in [0.3, 0.4) is 0 Å². The number of rotatable bonds is 6. The number of carbonyl (C=O) groups is 1. The third-order valence-electron chi connectivity index (χ3n) is 4.16. The van der Waals surface area contributed by atoms with Crippen molar-refractivity contribution in [1.82, 2.24) is 15.3 Å². The second-order valence-electron chi connectivity index (χ2n) is 5.88. The van der Waals surface area contributed by atoms with Gasteiger partial charge in [0.15, 0.2) is 0 Å². The summed E-state index contributed by atoms with van der Waals surface area (Å²) in [5.74, 6) is 0.198. The molecule has 0 saturated heterocycles. The number of fused-ring (bicyclic) bond motifs is 1. The number of hydrogen-bond donors (Lipinski definition) is 1. The minimum atomic E-state index is -0.121. The summed E-state index contributed by atoms with van der Waals surface area (Å²) in [6, 6.07) is 17.9. The SMILES string of the molecule is CCC(CNC(=O)/C=C/c1cnc2ccccc2n1)c1ccccc1. The minimum Gasteiger partial charge on any atom is -0.352 e. The van der Waals surface area contributed by atoms with Crippen molar-refractivity contribution in [2.75, 3.05) is 6.54 Å². The summed E-state index contributed by atoms with van der Waals surface area (Å²) in [5, 5.41) is 2.97. The maximum atomic E-state index is 12.1. The molecule has 4 nitrogen and oxygen atoms in total. The highest BCUT2D eigenvalue weighted by molar-refractivity contribution is 5.91. The lowest BCUT2D eigenvalue weighted by atomic mass is 9.96. The summed E-state index contributed by atoms with van der Waals surface area (Å²) in [6.07, 6.45) is 5.85.